The van der Waals surface area contributed by atoms with Crippen LogP contribution in [0.15, 0.2) is 54.6 Å². The molecule has 0 saturated heterocycles. The molecule has 7 heteroatoms. The van der Waals surface area contributed by atoms with Crippen molar-refractivity contribution in [1.29, 1.82) is 0 Å². The van der Waals surface area contributed by atoms with Crippen molar-refractivity contribution in [3.8, 4) is 5.75 Å². The third-order valence-corrected chi connectivity index (χ3v) is 4.70. The summed E-state index contributed by atoms with van der Waals surface area (Å²) in [5.41, 5.74) is -0.814. The smallest absolute Gasteiger partial charge is 0.328 e. The molecule has 0 aliphatic heterocycles. The van der Waals surface area contributed by atoms with Crippen LogP contribution in [0.4, 0.5) is 8.78 Å². The largest absolute Gasteiger partial charge is 0.492 e. The third kappa shape index (κ3) is 4.56. The summed E-state index contributed by atoms with van der Waals surface area (Å²) in [7, 11) is 0. The molecule has 0 heterocycles. The number of benzene rings is 3. The number of hydrogen-bond donors (Lipinski definition) is 2. The monoisotopic (exact) mass is 413 g/mol. The number of hydrogen-bond acceptors (Lipinski definition) is 3. The summed E-state index contributed by atoms with van der Waals surface area (Å²) in [6, 6.07) is 13.5. The number of carboxylic acids is 1. The van der Waals surface area contributed by atoms with Gasteiger partial charge in [0, 0.05) is 17.2 Å². The molecule has 3 aromatic carbocycles. The maximum atomic E-state index is 14.6. The Balaban J connectivity index is 1.94. The molecule has 0 aromatic heterocycles. The number of fused-ring (bicyclic) bond motifs is 1. The van der Waals surface area contributed by atoms with Crippen LogP contribution in [-0.4, -0.2) is 29.1 Å². The van der Waals surface area contributed by atoms with Crippen molar-refractivity contribution in [1.82, 2.24) is 5.32 Å². The van der Waals surface area contributed by atoms with Crippen LogP contribution in [0.1, 0.15) is 29.8 Å². The van der Waals surface area contributed by atoms with Gasteiger partial charge >= 0.3 is 5.97 Å². The van der Waals surface area contributed by atoms with E-state index in [1.807, 2.05) is 0 Å². The molecule has 0 unspecified atom stereocenters. The maximum absolute atomic E-state index is 14.6. The summed E-state index contributed by atoms with van der Waals surface area (Å²) in [5, 5.41) is 12.3. The molecule has 156 valence electrons. The highest BCUT2D eigenvalue weighted by molar-refractivity contribution is 6.05. The van der Waals surface area contributed by atoms with Crippen molar-refractivity contribution in [2.24, 2.45) is 0 Å². The predicted molar refractivity (Wildman–Crippen MR) is 109 cm³/mol. The van der Waals surface area contributed by atoms with Crippen molar-refractivity contribution in [3.63, 3.8) is 0 Å². The van der Waals surface area contributed by atoms with Crippen molar-refractivity contribution >= 4 is 22.6 Å². The number of halogens is 2. The minimum absolute atomic E-state index is 0.0976. The zero-order valence-corrected chi connectivity index (χ0v) is 16.5. The lowest BCUT2D eigenvalue weighted by molar-refractivity contribution is -0.143. The molecule has 0 atom stereocenters. The lowest BCUT2D eigenvalue weighted by Crippen LogP contribution is -2.49. The van der Waals surface area contributed by atoms with E-state index in [9.17, 15) is 23.5 Å². The van der Waals surface area contributed by atoms with Gasteiger partial charge in [0.25, 0.3) is 5.91 Å². The summed E-state index contributed by atoms with van der Waals surface area (Å²) in [5.74, 6) is -2.79. The first-order valence-corrected chi connectivity index (χ1v) is 9.33. The molecular formula is C23H21F2NO4. The second-order valence-electron chi connectivity index (χ2n) is 7.39. The van der Waals surface area contributed by atoms with E-state index < -0.39 is 23.2 Å². The number of carbonyl (C=O) groups excluding carboxylic acids is 1. The van der Waals surface area contributed by atoms with E-state index >= 15 is 0 Å². The van der Waals surface area contributed by atoms with E-state index in [1.165, 1.54) is 26.0 Å². The van der Waals surface area contributed by atoms with Gasteiger partial charge in [-0.2, -0.15) is 0 Å². The van der Waals surface area contributed by atoms with Gasteiger partial charge in [-0.15, -0.1) is 0 Å². The molecule has 0 fully saturated rings. The summed E-state index contributed by atoms with van der Waals surface area (Å²) >= 11 is 0. The second kappa shape index (κ2) is 8.49. The number of carboxylic acid groups (broad SMARTS) is 1. The Morgan fingerprint density at radius 2 is 1.67 bits per heavy atom. The Kier molecular flexibility index (Phi) is 6.01. The van der Waals surface area contributed by atoms with Gasteiger partial charge in [-0.25, -0.2) is 13.6 Å². The van der Waals surface area contributed by atoms with E-state index in [0.29, 0.717) is 11.8 Å². The van der Waals surface area contributed by atoms with Crippen LogP contribution in [0.2, 0.25) is 0 Å². The number of ether oxygens (including phenoxy) is 1. The SMILES string of the molecule is CC(C)(NC(=O)c1cc(F)c2ccccc2c1OCCc1ccc(F)cc1)C(=O)O. The van der Waals surface area contributed by atoms with E-state index in [2.05, 4.69) is 5.32 Å². The van der Waals surface area contributed by atoms with Crippen LogP contribution in [-0.2, 0) is 11.2 Å². The van der Waals surface area contributed by atoms with Gasteiger partial charge < -0.3 is 15.2 Å². The number of rotatable bonds is 7. The molecule has 5 nitrogen and oxygen atoms in total. The second-order valence-corrected chi connectivity index (χ2v) is 7.39. The van der Waals surface area contributed by atoms with Gasteiger partial charge in [0.1, 0.15) is 22.9 Å². The van der Waals surface area contributed by atoms with Gasteiger partial charge in [-0.1, -0.05) is 36.4 Å². The van der Waals surface area contributed by atoms with E-state index in [1.54, 1.807) is 36.4 Å². The summed E-state index contributed by atoms with van der Waals surface area (Å²) in [6.07, 6.45) is 0.438. The number of aliphatic carboxylic acids is 1. The minimum atomic E-state index is -1.55. The molecule has 0 aliphatic carbocycles. The van der Waals surface area contributed by atoms with E-state index in [4.69, 9.17) is 4.74 Å². The normalized spacial score (nSPS) is 11.3. The Morgan fingerprint density at radius 3 is 2.30 bits per heavy atom. The first kappa shape index (κ1) is 21.2. The van der Waals surface area contributed by atoms with Crippen LogP contribution in [0, 0.1) is 11.6 Å². The lowest BCUT2D eigenvalue weighted by atomic mass is 10.0. The molecule has 2 N–H and O–H groups in total. The van der Waals surface area contributed by atoms with E-state index in [-0.39, 0.29) is 29.1 Å². The Labute approximate surface area is 172 Å². The fourth-order valence-electron chi connectivity index (χ4n) is 2.96. The summed E-state index contributed by atoms with van der Waals surface area (Å²) < 4.78 is 33.6. The van der Waals surface area contributed by atoms with Gasteiger partial charge in [0.2, 0.25) is 0 Å². The van der Waals surface area contributed by atoms with Crippen LogP contribution in [0.5, 0.6) is 5.75 Å². The molecular weight excluding hydrogens is 392 g/mol. The molecule has 0 saturated carbocycles. The zero-order valence-electron chi connectivity index (χ0n) is 16.5. The Hall–Kier alpha value is -3.48. The van der Waals surface area contributed by atoms with Crippen LogP contribution in [0.3, 0.4) is 0 Å². The van der Waals surface area contributed by atoms with Crippen molar-refractivity contribution in [2.45, 2.75) is 25.8 Å². The minimum Gasteiger partial charge on any atom is -0.492 e. The van der Waals surface area contributed by atoms with Gasteiger partial charge in [0.05, 0.1) is 12.2 Å². The predicted octanol–water partition coefficient (Wildman–Crippen LogP) is 4.33. The van der Waals surface area contributed by atoms with Crippen molar-refractivity contribution in [2.75, 3.05) is 6.61 Å². The quantitative estimate of drug-likeness (QED) is 0.605. The number of amides is 1. The molecule has 0 bridgehead atoms. The summed E-state index contributed by atoms with van der Waals surface area (Å²) in [6.45, 7) is 2.82. The first-order chi connectivity index (χ1) is 14.2. The molecule has 30 heavy (non-hydrogen) atoms. The highest BCUT2D eigenvalue weighted by atomic mass is 19.1. The van der Waals surface area contributed by atoms with Crippen LogP contribution in [0.25, 0.3) is 10.8 Å². The van der Waals surface area contributed by atoms with Gasteiger partial charge in [0.15, 0.2) is 0 Å². The maximum Gasteiger partial charge on any atom is 0.328 e. The molecule has 1 amide bonds. The zero-order chi connectivity index (χ0) is 21.9. The van der Waals surface area contributed by atoms with Crippen molar-refractivity contribution < 1.29 is 28.2 Å². The standard InChI is InChI=1S/C23H21F2NO4/c1-23(2,22(28)29)26-21(27)18-13-19(25)16-5-3-4-6-17(16)20(18)30-12-11-14-7-9-15(24)10-8-14/h3-10,13H,11-12H2,1-2H3,(H,26,27)(H,28,29). The lowest BCUT2D eigenvalue weighted by Gasteiger charge is -2.22. The first-order valence-electron chi connectivity index (χ1n) is 9.33. The van der Waals surface area contributed by atoms with Crippen LogP contribution < -0.4 is 10.1 Å². The molecule has 0 radical (unpaired) electrons. The molecule has 3 aromatic rings. The fraction of sp³-hybridized carbons (Fsp3) is 0.217. The van der Waals surface area contributed by atoms with Crippen LogP contribution >= 0.6 is 0 Å². The Morgan fingerprint density at radius 1 is 1.03 bits per heavy atom. The average molecular weight is 413 g/mol. The highest BCUT2D eigenvalue weighted by Crippen LogP contribution is 2.32. The molecule has 0 spiro atoms. The Bertz CT molecular complexity index is 1090. The summed E-state index contributed by atoms with van der Waals surface area (Å²) in [4.78, 5) is 24.1. The average Bonchev–Trinajstić information content (AvgIpc) is 2.70. The molecule has 0 aliphatic rings. The number of nitrogens with one attached hydrogen (secondary N) is 1. The van der Waals surface area contributed by atoms with Crippen molar-refractivity contribution in [3.05, 3.63) is 77.4 Å². The van der Waals surface area contributed by atoms with Gasteiger partial charge in [-0.3, -0.25) is 4.79 Å². The van der Waals surface area contributed by atoms with Gasteiger partial charge in [-0.05, 0) is 37.6 Å². The number of carbonyl (C=O) groups is 2. The van der Waals surface area contributed by atoms with E-state index in [0.717, 1.165) is 11.6 Å². The highest BCUT2D eigenvalue weighted by Gasteiger charge is 2.31. The fourth-order valence-corrected chi connectivity index (χ4v) is 2.96. The third-order valence-electron chi connectivity index (χ3n) is 4.70. The topological polar surface area (TPSA) is 75.6 Å². The molecule has 3 rings (SSSR count).